The van der Waals surface area contributed by atoms with E-state index < -0.39 is 11.9 Å². The lowest BCUT2D eigenvalue weighted by Gasteiger charge is -2.13. The van der Waals surface area contributed by atoms with Gasteiger partial charge in [0.2, 0.25) is 0 Å². The van der Waals surface area contributed by atoms with Crippen LogP contribution in [0, 0.1) is 5.92 Å². The summed E-state index contributed by atoms with van der Waals surface area (Å²) < 4.78 is 1.89. The molecule has 0 saturated carbocycles. The van der Waals surface area contributed by atoms with E-state index in [2.05, 4.69) is 4.98 Å². The number of hydrogen-bond acceptors (Lipinski definition) is 2. The molecule has 2 aromatic rings. The molecule has 2 aromatic heterocycles. The molecule has 1 N–H and O–H groups in total. The van der Waals surface area contributed by atoms with Crippen molar-refractivity contribution in [3.8, 4) is 0 Å². The van der Waals surface area contributed by atoms with Gasteiger partial charge in [-0.3, -0.25) is 9.78 Å². The summed E-state index contributed by atoms with van der Waals surface area (Å²) >= 11 is 0. The molecule has 0 aliphatic heterocycles. The highest BCUT2D eigenvalue weighted by Crippen LogP contribution is 2.11. The number of nitrogens with zero attached hydrogens (tertiary/aromatic N) is 2. The number of aliphatic carboxylic acids is 1. The third-order valence-corrected chi connectivity index (χ3v) is 2.68. The van der Waals surface area contributed by atoms with Gasteiger partial charge in [0, 0.05) is 31.3 Å². The van der Waals surface area contributed by atoms with Crippen LogP contribution in [-0.2, 0) is 17.8 Å². The topological polar surface area (TPSA) is 55.1 Å². The first-order valence-corrected chi connectivity index (χ1v) is 5.48. The van der Waals surface area contributed by atoms with E-state index in [0.717, 1.165) is 5.56 Å². The number of aromatic nitrogens is 2. The second-order valence-corrected chi connectivity index (χ2v) is 3.97. The molecular formula is C13H14N2O2. The first-order valence-electron chi connectivity index (χ1n) is 5.48. The Balaban J connectivity index is 2.06. The quantitative estimate of drug-likeness (QED) is 0.852. The number of carboxylic acids is 1. The predicted molar refractivity (Wildman–Crippen MR) is 63.5 cm³/mol. The van der Waals surface area contributed by atoms with E-state index in [1.807, 2.05) is 41.2 Å². The lowest BCUT2D eigenvalue weighted by molar-refractivity contribution is -0.142. The molecule has 0 aliphatic rings. The van der Waals surface area contributed by atoms with E-state index in [0.29, 0.717) is 13.0 Å². The molecule has 1 atom stereocenters. The van der Waals surface area contributed by atoms with Crippen LogP contribution in [0.4, 0.5) is 0 Å². The van der Waals surface area contributed by atoms with E-state index in [9.17, 15) is 9.90 Å². The van der Waals surface area contributed by atoms with Gasteiger partial charge in [-0.25, -0.2) is 0 Å². The molecule has 4 heteroatoms. The summed E-state index contributed by atoms with van der Waals surface area (Å²) in [5.74, 6) is -1.18. The minimum Gasteiger partial charge on any atom is -0.481 e. The van der Waals surface area contributed by atoms with E-state index in [1.165, 1.54) is 0 Å². The Morgan fingerprint density at radius 3 is 2.53 bits per heavy atom. The van der Waals surface area contributed by atoms with Gasteiger partial charge in [-0.1, -0.05) is 0 Å². The van der Waals surface area contributed by atoms with Gasteiger partial charge in [0.1, 0.15) is 0 Å². The van der Waals surface area contributed by atoms with Gasteiger partial charge in [-0.05, 0) is 36.2 Å². The molecule has 2 rings (SSSR count). The fourth-order valence-corrected chi connectivity index (χ4v) is 1.78. The van der Waals surface area contributed by atoms with Crippen molar-refractivity contribution in [2.24, 2.45) is 5.92 Å². The van der Waals surface area contributed by atoms with Crippen molar-refractivity contribution < 1.29 is 9.90 Å². The molecule has 0 aliphatic carbocycles. The van der Waals surface area contributed by atoms with E-state index in [-0.39, 0.29) is 0 Å². The van der Waals surface area contributed by atoms with E-state index in [4.69, 9.17) is 0 Å². The highest BCUT2D eigenvalue weighted by molar-refractivity contribution is 5.70. The molecule has 0 fully saturated rings. The number of rotatable bonds is 5. The monoisotopic (exact) mass is 230 g/mol. The van der Waals surface area contributed by atoms with Crippen LogP contribution in [0.25, 0.3) is 0 Å². The van der Waals surface area contributed by atoms with Gasteiger partial charge in [0.05, 0.1) is 5.92 Å². The maximum absolute atomic E-state index is 11.2. The summed E-state index contributed by atoms with van der Waals surface area (Å²) in [7, 11) is 0. The number of hydrogen-bond donors (Lipinski definition) is 1. The minimum absolute atomic E-state index is 0.412. The summed E-state index contributed by atoms with van der Waals surface area (Å²) in [6, 6.07) is 7.49. The predicted octanol–water partition coefficient (Wildman–Crippen LogP) is 1.83. The van der Waals surface area contributed by atoms with Gasteiger partial charge in [-0.15, -0.1) is 0 Å². The van der Waals surface area contributed by atoms with Crippen molar-refractivity contribution in [3.05, 3.63) is 54.6 Å². The molecule has 1 unspecified atom stereocenters. The highest BCUT2D eigenvalue weighted by atomic mass is 16.4. The lowest BCUT2D eigenvalue weighted by Crippen LogP contribution is -2.21. The second kappa shape index (κ2) is 5.30. The van der Waals surface area contributed by atoms with Crippen molar-refractivity contribution in [1.82, 2.24) is 9.55 Å². The average molecular weight is 230 g/mol. The standard InChI is InChI=1S/C13H14N2O2/c16-13(17)12(10-15-7-1-2-8-15)9-11-3-5-14-6-4-11/h1-8,12H,9-10H2,(H,16,17). The van der Waals surface area contributed by atoms with Crippen molar-refractivity contribution in [1.29, 1.82) is 0 Å². The van der Waals surface area contributed by atoms with Crippen molar-refractivity contribution in [3.63, 3.8) is 0 Å². The van der Waals surface area contributed by atoms with Crippen LogP contribution in [0.1, 0.15) is 5.56 Å². The van der Waals surface area contributed by atoms with E-state index >= 15 is 0 Å². The molecule has 0 amide bonds. The zero-order valence-electron chi connectivity index (χ0n) is 9.36. The summed E-state index contributed by atoms with van der Waals surface area (Å²) in [6.07, 6.45) is 7.65. The Hall–Kier alpha value is -2.10. The zero-order chi connectivity index (χ0) is 12.1. The van der Waals surface area contributed by atoms with E-state index in [1.54, 1.807) is 12.4 Å². The molecule has 88 valence electrons. The van der Waals surface area contributed by atoms with Crippen molar-refractivity contribution >= 4 is 5.97 Å². The number of carbonyl (C=O) groups is 1. The van der Waals surface area contributed by atoms with Crippen LogP contribution in [0.2, 0.25) is 0 Å². The van der Waals surface area contributed by atoms with Crippen LogP contribution in [-0.4, -0.2) is 20.6 Å². The Bertz CT molecular complexity index is 465. The number of carboxylic acid groups (broad SMARTS) is 1. The minimum atomic E-state index is -0.768. The zero-order valence-corrected chi connectivity index (χ0v) is 9.36. The maximum Gasteiger partial charge on any atom is 0.308 e. The molecule has 2 heterocycles. The van der Waals surface area contributed by atoms with Gasteiger partial charge in [0.15, 0.2) is 0 Å². The molecule has 0 saturated heterocycles. The fourth-order valence-electron chi connectivity index (χ4n) is 1.78. The largest absolute Gasteiger partial charge is 0.481 e. The second-order valence-electron chi connectivity index (χ2n) is 3.97. The summed E-state index contributed by atoms with van der Waals surface area (Å²) in [5.41, 5.74) is 1.000. The fraction of sp³-hybridized carbons (Fsp3) is 0.231. The van der Waals surface area contributed by atoms with Crippen LogP contribution < -0.4 is 0 Å². The molecule has 0 aromatic carbocycles. The van der Waals surface area contributed by atoms with Crippen molar-refractivity contribution in [2.75, 3.05) is 0 Å². The lowest BCUT2D eigenvalue weighted by atomic mass is 10.0. The Kier molecular flexibility index (Phi) is 3.55. The van der Waals surface area contributed by atoms with Crippen LogP contribution in [0.3, 0.4) is 0 Å². The first-order chi connectivity index (χ1) is 8.25. The average Bonchev–Trinajstić information content (AvgIpc) is 2.82. The third kappa shape index (κ3) is 3.17. The molecule has 4 nitrogen and oxygen atoms in total. The van der Waals surface area contributed by atoms with Crippen molar-refractivity contribution in [2.45, 2.75) is 13.0 Å². The molecule has 17 heavy (non-hydrogen) atoms. The Morgan fingerprint density at radius 2 is 1.94 bits per heavy atom. The molecule has 0 radical (unpaired) electrons. The van der Waals surface area contributed by atoms with Crippen LogP contribution in [0.5, 0.6) is 0 Å². The Labute approximate surface area is 99.5 Å². The van der Waals surface area contributed by atoms with Crippen LogP contribution in [0.15, 0.2) is 49.1 Å². The normalized spacial score (nSPS) is 12.2. The molecule has 0 spiro atoms. The molecule has 0 bridgehead atoms. The first kappa shape index (κ1) is 11.4. The SMILES string of the molecule is O=C(O)C(Cc1ccncc1)Cn1cccc1. The van der Waals surface area contributed by atoms with Gasteiger partial charge >= 0.3 is 5.97 Å². The van der Waals surface area contributed by atoms with Gasteiger partial charge in [0.25, 0.3) is 0 Å². The van der Waals surface area contributed by atoms with Crippen LogP contribution >= 0.6 is 0 Å². The summed E-state index contributed by atoms with van der Waals surface area (Å²) in [5, 5.41) is 9.20. The molecular weight excluding hydrogens is 216 g/mol. The Morgan fingerprint density at radius 1 is 1.29 bits per heavy atom. The summed E-state index contributed by atoms with van der Waals surface area (Å²) in [4.78, 5) is 15.1. The smallest absolute Gasteiger partial charge is 0.308 e. The highest BCUT2D eigenvalue weighted by Gasteiger charge is 2.18. The summed E-state index contributed by atoms with van der Waals surface area (Å²) in [6.45, 7) is 0.491. The number of pyridine rings is 1. The maximum atomic E-state index is 11.2. The third-order valence-electron chi connectivity index (χ3n) is 2.68. The van der Waals surface area contributed by atoms with Gasteiger partial charge in [-0.2, -0.15) is 0 Å². The van der Waals surface area contributed by atoms with Gasteiger partial charge < -0.3 is 9.67 Å².